The number of nitrogens with one attached hydrogen (secondary N) is 1. The number of hydrogen-bond acceptors (Lipinski definition) is 6. The van der Waals surface area contributed by atoms with Gasteiger partial charge in [-0.2, -0.15) is 4.98 Å². The lowest BCUT2D eigenvalue weighted by Crippen LogP contribution is -2.16. The zero-order valence-electron chi connectivity index (χ0n) is 15.9. The van der Waals surface area contributed by atoms with Gasteiger partial charge in [0.15, 0.2) is 6.61 Å². The summed E-state index contributed by atoms with van der Waals surface area (Å²) >= 11 is 0. The average Bonchev–Trinajstić information content (AvgIpc) is 3.33. The van der Waals surface area contributed by atoms with Crippen molar-refractivity contribution >= 4 is 5.97 Å². The Morgan fingerprint density at radius 3 is 2.48 bits per heavy atom. The van der Waals surface area contributed by atoms with Crippen molar-refractivity contribution in [3.05, 3.63) is 87.9 Å². The van der Waals surface area contributed by atoms with Gasteiger partial charge < -0.3 is 14.2 Å². The predicted octanol–water partition coefficient (Wildman–Crippen LogP) is 3.19. The Balaban J connectivity index is 1.41. The molecule has 0 unspecified atom stereocenters. The Hall–Kier alpha value is -3.94. The van der Waals surface area contributed by atoms with Crippen molar-refractivity contribution in [1.82, 2.24) is 19.7 Å². The number of rotatable bonds is 5. The maximum absolute atomic E-state index is 12.3. The number of aromatic nitrogens is 4. The first-order chi connectivity index (χ1) is 14.0. The van der Waals surface area contributed by atoms with Gasteiger partial charge in [-0.15, -0.1) is 0 Å². The van der Waals surface area contributed by atoms with Crippen LogP contribution in [-0.4, -0.2) is 25.7 Å². The molecule has 8 heteroatoms. The van der Waals surface area contributed by atoms with Crippen LogP contribution in [0.3, 0.4) is 0 Å². The predicted molar refractivity (Wildman–Crippen MR) is 105 cm³/mol. The monoisotopic (exact) mass is 390 g/mol. The molecule has 0 aliphatic heterocycles. The van der Waals surface area contributed by atoms with E-state index in [1.54, 1.807) is 30.5 Å². The van der Waals surface area contributed by atoms with Crippen LogP contribution in [0.15, 0.2) is 64.0 Å². The quantitative estimate of drug-likeness (QED) is 0.525. The number of ether oxygens (including phenoxy) is 1. The van der Waals surface area contributed by atoms with Crippen LogP contribution in [0.4, 0.5) is 0 Å². The van der Waals surface area contributed by atoms with Gasteiger partial charge in [0, 0.05) is 17.5 Å². The molecule has 0 aliphatic carbocycles. The molecule has 0 amide bonds. The second-order valence-corrected chi connectivity index (χ2v) is 6.57. The highest BCUT2D eigenvalue weighted by atomic mass is 16.6. The number of carbonyl (C=O) groups excluding carboxylic acids is 1. The van der Waals surface area contributed by atoms with E-state index in [9.17, 15) is 9.59 Å². The third-order valence-corrected chi connectivity index (χ3v) is 4.43. The maximum atomic E-state index is 12.3. The van der Waals surface area contributed by atoms with Gasteiger partial charge in [-0.25, -0.2) is 9.59 Å². The largest absolute Gasteiger partial charge is 0.452 e. The molecule has 146 valence electrons. The van der Waals surface area contributed by atoms with E-state index in [0.29, 0.717) is 17.1 Å². The lowest BCUT2D eigenvalue weighted by atomic mass is 10.1. The van der Waals surface area contributed by atoms with Crippen molar-refractivity contribution in [1.29, 1.82) is 0 Å². The molecule has 0 bridgehead atoms. The molecular weight excluding hydrogens is 372 g/mol. The molecule has 29 heavy (non-hydrogen) atoms. The molecule has 0 aliphatic rings. The third kappa shape index (κ3) is 3.86. The number of carbonyl (C=O) groups is 1. The first-order valence-corrected chi connectivity index (χ1v) is 8.95. The number of imidazole rings is 1. The Labute approximate surface area is 165 Å². The van der Waals surface area contributed by atoms with Crippen molar-refractivity contribution in [2.45, 2.75) is 20.5 Å². The number of aromatic amines is 1. The summed E-state index contributed by atoms with van der Waals surface area (Å²) in [6, 6.07) is 14.3. The zero-order valence-corrected chi connectivity index (χ0v) is 15.9. The summed E-state index contributed by atoms with van der Waals surface area (Å²) in [7, 11) is 0. The molecule has 2 aromatic carbocycles. The van der Waals surface area contributed by atoms with Gasteiger partial charge in [0.05, 0.1) is 11.3 Å². The Bertz CT molecular complexity index is 1200. The van der Waals surface area contributed by atoms with E-state index in [1.807, 2.05) is 38.1 Å². The van der Waals surface area contributed by atoms with Crippen LogP contribution in [0.25, 0.3) is 17.1 Å². The Kier molecular flexibility index (Phi) is 4.82. The zero-order chi connectivity index (χ0) is 20.4. The summed E-state index contributed by atoms with van der Waals surface area (Å²) in [5, 5.41) is 3.91. The van der Waals surface area contributed by atoms with Crippen LogP contribution in [-0.2, 0) is 11.3 Å². The molecule has 2 heterocycles. The van der Waals surface area contributed by atoms with Crippen LogP contribution in [0.1, 0.15) is 27.5 Å². The lowest BCUT2D eigenvalue weighted by molar-refractivity contribution is 0.0430. The van der Waals surface area contributed by atoms with E-state index in [-0.39, 0.29) is 18.2 Å². The van der Waals surface area contributed by atoms with Crippen molar-refractivity contribution < 1.29 is 14.1 Å². The van der Waals surface area contributed by atoms with Crippen LogP contribution in [0.5, 0.6) is 0 Å². The molecule has 0 spiro atoms. The Morgan fingerprint density at radius 1 is 1.10 bits per heavy atom. The van der Waals surface area contributed by atoms with E-state index in [1.165, 1.54) is 4.57 Å². The smallest absolute Gasteiger partial charge is 0.338 e. The van der Waals surface area contributed by atoms with E-state index in [0.717, 1.165) is 16.8 Å². The number of benzene rings is 2. The molecule has 0 fully saturated rings. The molecule has 0 saturated carbocycles. The summed E-state index contributed by atoms with van der Waals surface area (Å²) in [6.07, 6.45) is 1.62. The van der Waals surface area contributed by atoms with Crippen molar-refractivity contribution in [2.75, 3.05) is 0 Å². The van der Waals surface area contributed by atoms with Crippen LogP contribution in [0.2, 0.25) is 0 Å². The van der Waals surface area contributed by atoms with Gasteiger partial charge in [-0.05, 0) is 38.1 Å². The molecule has 2 aromatic heterocycles. The first-order valence-electron chi connectivity index (χ1n) is 8.95. The number of aryl methyl sites for hydroxylation is 2. The fraction of sp³-hybridized carbons (Fsp3) is 0.143. The van der Waals surface area contributed by atoms with Crippen LogP contribution >= 0.6 is 0 Å². The molecule has 0 saturated heterocycles. The number of hydrogen-bond donors (Lipinski definition) is 1. The first kappa shape index (κ1) is 18.4. The van der Waals surface area contributed by atoms with Crippen molar-refractivity contribution in [3.8, 4) is 17.1 Å². The number of esters is 1. The molecule has 4 aromatic rings. The lowest BCUT2D eigenvalue weighted by Gasteiger charge is -2.06. The minimum Gasteiger partial charge on any atom is -0.452 e. The topological polar surface area (TPSA) is 103 Å². The van der Waals surface area contributed by atoms with Gasteiger partial charge in [0.1, 0.15) is 0 Å². The van der Waals surface area contributed by atoms with Gasteiger partial charge in [0.2, 0.25) is 5.82 Å². The molecule has 1 N–H and O–H groups in total. The summed E-state index contributed by atoms with van der Waals surface area (Å²) < 4.78 is 11.9. The fourth-order valence-corrected chi connectivity index (χ4v) is 2.87. The maximum Gasteiger partial charge on any atom is 0.338 e. The minimum absolute atomic E-state index is 0.129. The van der Waals surface area contributed by atoms with Gasteiger partial charge in [-0.1, -0.05) is 35.0 Å². The minimum atomic E-state index is -0.523. The van der Waals surface area contributed by atoms with Gasteiger partial charge in [-0.3, -0.25) is 4.57 Å². The van der Waals surface area contributed by atoms with Crippen LogP contribution in [0, 0.1) is 13.8 Å². The third-order valence-electron chi connectivity index (χ3n) is 4.43. The molecular formula is C21H18N4O4. The Morgan fingerprint density at radius 2 is 1.83 bits per heavy atom. The molecule has 4 rings (SSSR count). The second kappa shape index (κ2) is 7.59. The summed E-state index contributed by atoms with van der Waals surface area (Å²) in [5.41, 5.74) is 3.50. The molecule has 0 radical (unpaired) electrons. The van der Waals surface area contributed by atoms with E-state index in [2.05, 4.69) is 15.1 Å². The summed E-state index contributed by atoms with van der Waals surface area (Å²) in [6.45, 7) is 3.68. The van der Waals surface area contributed by atoms with Crippen molar-refractivity contribution in [2.24, 2.45) is 0 Å². The fourth-order valence-electron chi connectivity index (χ4n) is 2.87. The highest BCUT2D eigenvalue weighted by molar-refractivity contribution is 5.89. The highest BCUT2D eigenvalue weighted by Gasteiger charge is 2.13. The normalized spacial score (nSPS) is 10.8. The number of nitrogens with zero attached hydrogens (tertiary/aromatic N) is 3. The molecule has 8 nitrogen and oxygen atoms in total. The van der Waals surface area contributed by atoms with E-state index < -0.39 is 5.97 Å². The SMILES string of the molecule is Cc1ccc(-c2noc(COC(=O)c3ccc(-n4c(C)c[nH]c4=O)cc3)n2)cc1. The van der Waals surface area contributed by atoms with Gasteiger partial charge >= 0.3 is 11.7 Å². The average molecular weight is 390 g/mol. The van der Waals surface area contributed by atoms with E-state index in [4.69, 9.17) is 9.26 Å². The highest BCUT2D eigenvalue weighted by Crippen LogP contribution is 2.17. The van der Waals surface area contributed by atoms with Crippen molar-refractivity contribution in [3.63, 3.8) is 0 Å². The molecule has 0 atom stereocenters. The summed E-state index contributed by atoms with van der Waals surface area (Å²) in [5.74, 6) is 0.123. The van der Waals surface area contributed by atoms with Crippen LogP contribution < -0.4 is 5.69 Å². The van der Waals surface area contributed by atoms with Gasteiger partial charge in [0.25, 0.3) is 5.89 Å². The summed E-state index contributed by atoms with van der Waals surface area (Å²) in [4.78, 5) is 31.0. The van der Waals surface area contributed by atoms with E-state index >= 15 is 0 Å². The number of H-pyrrole nitrogens is 1. The standard InChI is InChI=1S/C21H18N4O4/c1-13-3-5-15(6-4-13)19-23-18(29-24-19)12-28-20(26)16-7-9-17(10-8-16)25-14(2)11-22-21(25)27/h3-11H,12H2,1-2H3,(H,22,27). The second-order valence-electron chi connectivity index (χ2n) is 6.57.